The summed E-state index contributed by atoms with van der Waals surface area (Å²) in [6.07, 6.45) is 48.0. The second kappa shape index (κ2) is 39.2. The Balaban J connectivity index is 2.56. The number of allylic oxidation sites excluding steroid dienone is 22. The zero-order valence-corrected chi connectivity index (χ0v) is 38.9. The maximum atomic E-state index is 12.8. The molecule has 1 aliphatic rings. The van der Waals surface area contributed by atoms with Gasteiger partial charge in [-0.3, -0.25) is 14.1 Å². The second-order valence-electron chi connectivity index (χ2n) is 14.9. The molecule has 0 aromatic heterocycles. The second-order valence-corrected chi connectivity index (χ2v) is 16.4. The van der Waals surface area contributed by atoms with Crippen LogP contribution in [-0.2, 0) is 38.7 Å². The smallest absolute Gasteiger partial charge is 0.306 e. The van der Waals surface area contributed by atoms with Crippen LogP contribution in [-0.4, -0.2) is 96.0 Å². The molecule has 0 aromatic rings. The Hall–Kier alpha value is -4.21. The van der Waals surface area contributed by atoms with E-state index >= 15 is 0 Å². The lowest BCUT2D eigenvalue weighted by molar-refractivity contribution is -0.297. The summed E-state index contributed by atoms with van der Waals surface area (Å²) in [6.45, 7) is 3.39. The molecule has 2 unspecified atom stereocenters. The van der Waals surface area contributed by atoms with Crippen LogP contribution in [0.5, 0.6) is 0 Å². The van der Waals surface area contributed by atoms with Crippen LogP contribution < -0.4 is 0 Å². The molecule has 0 aliphatic carbocycles. The van der Waals surface area contributed by atoms with E-state index in [1.165, 1.54) is 0 Å². The van der Waals surface area contributed by atoms with Crippen molar-refractivity contribution >= 4 is 22.1 Å². The molecule has 0 amide bonds. The molecule has 0 saturated carbocycles. The summed E-state index contributed by atoms with van der Waals surface area (Å²) < 4.78 is 53.9. The molecule has 0 bridgehead atoms. The van der Waals surface area contributed by atoms with Crippen molar-refractivity contribution in [2.75, 3.05) is 19.0 Å². The van der Waals surface area contributed by atoms with E-state index in [4.69, 9.17) is 18.9 Å². The first-order chi connectivity index (χ1) is 31.0. The standard InChI is InChI=1S/C51H76O12S/c1-3-5-7-9-11-13-15-17-19-21-22-24-26-28-30-32-34-36-38-40-47(53)62-44(42-61-51-50(56)49(55)48(54)45(63-51)43-64(57,58)59)41-60-46(52)39-37-35-33-31-29-27-25-23-20-18-16-14-12-10-8-6-4-2/h5-8,11-14,17-20,22,24-25,27-28,30-31,33-34,36,44-45,48-51,54-56H,3-4,9-10,15-16,21,23,26,29,32,35,37-43H2,1-2H3,(H,57,58,59)/b7-5+,8-6+,13-11+,14-12+,19-17+,20-18+,24-22+,27-25+,30-28+,33-31+,36-34+/t44-,45-,48-,49?,50?,51+/m1/s1. The molecule has 1 saturated heterocycles. The van der Waals surface area contributed by atoms with Gasteiger partial charge in [-0.25, -0.2) is 0 Å². The van der Waals surface area contributed by atoms with E-state index in [-0.39, 0.29) is 19.4 Å². The molecule has 1 fully saturated rings. The fraction of sp³-hybridized carbons (Fsp3) is 0.529. The van der Waals surface area contributed by atoms with E-state index in [1.807, 2.05) is 30.4 Å². The number of aliphatic hydroxyl groups excluding tert-OH is 3. The first-order valence-corrected chi connectivity index (χ1v) is 24.4. The Kier molecular flexibility index (Phi) is 35.4. The van der Waals surface area contributed by atoms with E-state index in [2.05, 4.69) is 117 Å². The fourth-order valence-electron chi connectivity index (χ4n) is 5.79. The molecule has 12 nitrogen and oxygen atoms in total. The van der Waals surface area contributed by atoms with Crippen molar-refractivity contribution in [3.05, 3.63) is 134 Å². The van der Waals surface area contributed by atoms with Crippen molar-refractivity contribution in [1.82, 2.24) is 0 Å². The van der Waals surface area contributed by atoms with Crippen LogP contribution in [0.25, 0.3) is 0 Å². The van der Waals surface area contributed by atoms with Crippen molar-refractivity contribution < 1.29 is 56.8 Å². The molecule has 358 valence electrons. The highest BCUT2D eigenvalue weighted by atomic mass is 32.2. The summed E-state index contributed by atoms with van der Waals surface area (Å²) in [7, 11) is -4.63. The van der Waals surface area contributed by atoms with Crippen molar-refractivity contribution in [1.29, 1.82) is 0 Å². The average Bonchev–Trinajstić information content (AvgIpc) is 3.26. The Morgan fingerprint density at radius 3 is 1.36 bits per heavy atom. The summed E-state index contributed by atoms with van der Waals surface area (Å²) in [5.74, 6) is -2.19. The minimum Gasteiger partial charge on any atom is -0.462 e. The SMILES string of the molecule is CC/C=C/C/C=C/C/C=C/C/C=C/C/C=C/C/C=C/CCC(=O)O[C@H](COC(=O)CCC/C=C/C/C=C/C/C=C/C/C=C/C/C=C/CC)CO[C@H]1O[C@H](CS(=O)(=O)O)[C@@H](O)C(O)C1O. The van der Waals surface area contributed by atoms with Gasteiger partial charge in [-0.15, -0.1) is 0 Å². The molecule has 1 aliphatic heterocycles. The van der Waals surface area contributed by atoms with Crippen molar-refractivity contribution in [2.45, 2.75) is 153 Å². The lowest BCUT2D eigenvalue weighted by Gasteiger charge is -2.40. The number of carbonyl (C=O) groups excluding carboxylic acids is 2. The number of hydrogen-bond acceptors (Lipinski definition) is 11. The quantitative estimate of drug-likeness (QED) is 0.0205. The number of unbranched alkanes of at least 4 members (excludes halogenated alkanes) is 1. The van der Waals surface area contributed by atoms with Crippen LogP contribution in [0.2, 0.25) is 0 Å². The molecule has 1 heterocycles. The molecule has 64 heavy (non-hydrogen) atoms. The van der Waals surface area contributed by atoms with E-state index in [1.54, 1.807) is 0 Å². The summed E-state index contributed by atoms with van der Waals surface area (Å²) in [5, 5.41) is 30.9. The summed E-state index contributed by atoms with van der Waals surface area (Å²) in [4.78, 5) is 25.4. The number of rotatable bonds is 35. The predicted octanol–water partition coefficient (Wildman–Crippen LogP) is 9.55. The van der Waals surface area contributed by atoms with Gasteiger partial charge in [-0.2, -0.15) is 8.42 Å². The number of carbonyl (C=O) groups is 2. The molecule has 0 spiro atoms. The van der Waals surface area contributed by atoms with Gasteiger partial charge in [0.1, 0.15) is 36.8 Å². The van der Waals surface area contributed by atoms with Crippen LogP contribution in [0.4, 0.5) is 0 Å². The number of esters is 2. The zero-order chi connectivity index (χ0) is 46.9. The van der Waals surface area contributed by atoms with E-state index in [0.29, 0.717) is 25.7 Å². The molecular formula is C51H76O12S. The van der Waals surface area contributed by atoms with Crippen LogP contribution >= 0.6 is 0 Å². The van der Waals surface area contributed by atoms with Gasteiger partial charge < -0.3 is 34.3 Å². The summed E-state index contributed by atoms with van der Waals surface area (Å²) in [6, 6.07) is 0. The summed E-state index contributed by atoms with van der Waals surface area (Å²) in [5.41, 5.74) is 0. The molecule has 0 aromatic carbocycles. The highest BCUT2D eigenvalue weighted by molar-refractivity contribution is 7.85. The summed E-state index contributed by atoms with van der Waals surface area (Å²) >= 11 is 0. The fourth-order valence-corrected chi connectivity index (χ4v) is 6.49. The Labute approximate surface area is 383 Å². The topological polar surface area (TPSA) is 186 Å². The van der Waals surface area contributed by atoms with Crippen molar-refractivity contribution in [3.8, 4) is 0 Å². The zero-order valence-electron chi connectivity index (χ0n) is 38.1. The van der Waals surface area contributed by atoms with Gasteiger partial charge in [0.2, 0.25) is 0 Å². The predicted molar refractivity (Wildman–Crippen MR) is 256 cm³/mol. The first-order valence-electron chi connectivity index (χ1n) is 22.7. The third-order valence-electron chi connectivity index (χ3n) is 9.24. The van der Waals surface area contributed by atoms with Gasteiger partial charge >= 0.3 is 11.9 Å². The van der Waals surface area contributed by atoms with E-state index in [9.17, 15) is 37.9 Å². The molecule has 6 atom stereocenters. The minimum atomic E-state index is -4.63. The molecule has 1 rings (SSSR count). The highest BCUT2D eigenvalue weighted by Crippen LogP contribution is 2.23. The normalized spacial score (nSPS) is 20.9. The highest BCUT2D eigenvalue weighted by Gasteiger charge is 2.46. The van der Waals surface area contributed by atoms with E-state index in [0.717, 1.165) is 64.2 Å². The lowest BCUT2D eigenvalue weighted by Crippen LogP contribution is -2.60. The Morgan fingerprint density at radius 2 is 0.938 bits per heavy atom. The Morgan fingerprint density at radius 1 is 0.531 bits per heavy atom. The third-order valence-corrected chi connectivity index (χ3v) is 9.99. The number of aliphatic hydroxyl groups is 3. The van der Waals surface area contributed by atoms with Crippen LogP contribution in [0, 0.1) is 0 Å². The Bertz CT molecular complexity index is 1680. The maximum absolute atomic E-state index is 12.8. The first kappa shape index (κ1) is 57.8. The number of ether oxygens (including phenoxy) is 4. The molecule has 4 N–H and O–H groups in total. The third kappa shape index (κ3) is 33.3. The van der Waals surface area contributed by atoms with Gasteiger partial charge in [0, 0.05) is 12.8 Å². The van der Waals surface area contributed by atoms with Gasteiger partial charge in [0.15, 0.2) is 12.4 Å². The van der Waals surface area contributed by atoms with Crippen molar-refractivity contribution in [2.24, 2.45) is 0 Å². The minimum absolute atomic E-state index is 0.0176. The van der Waals surface area contributed by atoms with Crippen LogP contribution in [0.15, 0.2) is 134 Å². The maximum Gasteiger partial charge on any atom is 0.306 e. The number of hydrogen-bond donors (Lipinski definition) is 4. The molecular weight excluding hydrogens is 837 g/mol. The van der Waals surface area contributed by atoms with Gasteiger partial charge in [0.05, 0.1) is 6.61 Å². The van der Waals surface area contributed by atoms with Crippen molar-refractivity contribution in [3.63, 3.8) is 0 Å². The van der Waals surface area contributed by atoms with Crippen LogP contribution in [0.3, 0.4) is 0 Å². The molecule has 0 radical (unpaired) electrons. The van der Waals surface area contributed by atoms with Gasteiger partial charge in [-0.05, 0) is 89.9 Å². The van der Waals surface area contributed by atoms with E-state index < -0.39 is 71.2 Å². The van der Waals surface area contributed by atoms with Gasteiger partial charge in [-0.1, -0.05) is 148 Å². The average molecular weight is 913 g/mol. The molecule has 13 heteroatoms. The van der Waals surface area contributed by atoms with Gasteiger partial charge in [0.25, 0.3) is 10.1 Å². The monoisotopic (exact) mass is 913 g/mol. The lowest BCUT2D eigenvalue weighted by atomic mass is 10.00. The largest absolute Gasteiger partial charge is 0.462 e. The van der Waals surface area contributed by atoms with Crippen LogP contribution in [0.1, 0.15) is 117 Å².